The van der Waals surface area contributed by atoms with Gasteiger partial charge in [0.15, 0.2) is 10.9 Å². The molecule has 1 heterocycles. The van der Waals surface area contributed by atoms with Gasteiger partial charge >= 0.3 is 0 Å². The molecule has 3 aromatic rings. The smallest absolute Gasteiger partial charge is 0.270 e. The van der Waals surface area contributed by atoms with E-state index in [1.54, 1.807) is 18.2 Å². The van der Waals surface area contributed by atoms with Gasteiger partial charge in [-0.15, -0.1) is 0 Å². The summed E-state index contributed by atoms with van der Waals surface area (Å²) in [4.78, 5) is 27.3. The Morgan fingerprint density at radius 1 is 1.03 bits per heavy atom. The van der Waals surface area contributed by atoms with E-state index in [0.29, 0.717) is 33.0 Å². The molecule has 35 heavy (non-hydrogen) atoms. The van der Waals surface area contributed by atoms with Crippen LogP contribution in [-0.2, 0) is 9.59 Å². The minimum atomic E-state index is -0.254. The molecular formula is C27H24N2O4S2. The molecule has 3 aromatic carbocycles. The summed E-state index contributed by atoms with van der Waals surface area (Å²) in [5.74, 6) is 0.824. The molecule has 4 rings (SSSR count). The number of benzene rings is 3. The van der Waals surface area contributed by atoms with Crippen LogP contribution in [0.25, 0.3) is 6.08 Å². The summed E-state index contributed by atoms with van der Waals surface area (Å²) in [6.45, 7) is 4.35. The van der Waals surface area contributed by atoms with Crippen LogP contribution in [0.3, 0.4) is 0 Å². The molecule has 0 spiro atoms. The molecule has 1 aliphatic rings. The molecule has 1 aliphatic heterocycles. The van der Waals surface area contributed by atoms with Crippen molar-refractivity contribution in [1.29, 1.82) is 0 Å². The van der Waals surface area contributed by atoms with E-state index in [4.69, 9.17) is 21.7 Å². The molecule has 0 bridgehead atoms. The summed E-state index contributed by atoms with van der Waals surface area (Å²) in [7, 11) is 0. The number of hydrogen-bond acceptors (Lipinski definition) is 6. The molecule has 0 unspecified atom stereocenters. The lowest BCUT2D eigenvalue weighted by atomic mass is 10.2. The number of ether oxygens (including phenoxy) is 2. The average molecular weight is 505 g/mol. The number of nitrogens with one attached hydrogen (secondary N) is 1. The number of carbonyl (C=O) groups is 2. The number of thiocarbonyl (C=S) groups is 1. The minimum Gasteiger partial charge on any atom is -0.494 e. The van der Waals surface area contributed by atoms with E-state index in [-0.39, 0.29) is 18.4 Å². The molecule has 0 aromatic heterocycles. The van der Waals surface area contributed by atoms with Crippen LogP contribution in [0.4, 0.5) is 11.4 Å². The topological polar surface area (TPSA) is 67.9 Å². The van der Waals surface area contributed by atoms with Crippen molar-refractivity contribution < 1.29 is 19.1 Å². The molecule has 0 radical (unpaired) electrons. The second-order valence-corrected chi connectivity index (χ2v) is 9.40. The standard InChI is InChI=1S/C27H24N2O4S2/c1-3-32-22-13-11-21(12-14-22)29-26(31)24(35-27(29)34)16-19-5-4-6-23(15-19)33-17-25(30)28-20-9-7-18(2)8-10-20/h4-16H,3,17H2,1-2H3,(H,28,30)/b24-16-. The number of thioether (sulfide) groups is 1. The minimum absolute atomic E-state index is 0.128. The van der Waals surface area contributed by atoms with Gasteiger partial charge in [-0.25, -0.2) is 0 Å². The third kappa shape index (κ3) is 6.29. The molecule has 0 aliphatic carbocycles. The molecule has 0 atom stereocenters. The number of anilines is 2. The van der Waals surface area contributed by atoms with Gasteiger partial charge in [-0.1, -0.05) is 53.8 Å². The highest BCUT2D eigenvalue weighted by Gasteiger charge is 2.33. The van der Waals surface area contributed by atoms with E-state index in [0.717, 1.165) is 16.9 Å². The predicted octanol–water partition coefficient (Wildman–Crippen LogP) is 5.82. The fraction of sp³-hybridized carbons (Fsp3) is 0.148. The fourth-order valence-electron chi connectivity index (χ4n) is 3.38. The molecule has 178 valence electrons. The van der Waals surface area contributed by atoms with E-state index in [1.807, 2.05) is 74.5 Å². The van der Waals surface area contributed by atoms with Gasteiger partial charge in [-0.05, 0) is 74.0 Å². The van der Waals surface area contributed by atoms with Crippen LogP contribution in [0.2, 0.25) is 0 Å². The van der Waals surface area contributed by atoms with Crippen molar-refractivity contribution in [2.45, 2.75) is 13.8 Å². The first-order valence-electron chi connectivity index (χ1n) is 11.0. The Hall–Kier alpha value is -3.62. The van der Waals surface area contributed by atoms with Crippen LogP contribution >= 0.6 is 24.0 Å². The Balaban J connectivity index is 1.40. The van der Waals surface area contributed by atoms with Crippen LogP contribution < -0.4 is 19.7 Å². The van der Waals surface area contributed by atoms with Crippen molar-refractivity contribution in [3.63, 3.8) is 0 Å². The maximum atomic E-state index is 13.1. The zero-order chi connectivity index (χ0) is 24.8. The van der Waals surface area contributed by atoms with Gasteiger partial charge in [-0.2, -0.15) is 0 Å². The van der Waals surface area contributed by atoms with Crippen LogP contribution in [0.15, 0.2) is 77.7 Å². The van der Waals surface area contributed by atoms with Crippen molar-refractivity contribution in [1.82, 2.24) is 0 Å². The Bertz CT molecular complexity index is 1270. The van der Waals surface area contributed by atoms with Crippen LogP contribution in [0.5, 0.6) is 11.5 Å². The fourth-order valence-corrected chi connectivity index (χ4v) is 4.68. The largest absolute Gasteiger partial charge is 0.494 e. The second-order valence-electron chi connectivity index (χ2n) is 7.72. The van der Waals surface area contributed by atoms with E-state index in [2.05, 4.69) is 5.32 Å². The van der Waals surface area contributed by atoms with E-state index in [1.165, 1.54) is 16.7 Å². The lowest BCUT2D eigenvalue weighted by molar-refractivity contribution is -0.118. The highest BCUT2D eigenvalue weighted by atomic mass is 32.2. The SMILES string of the molecule is CCOc1ccc(N2C(=O)/C(=C/c3cccc(OCC(=O)Nc4ccc(C)cc4)c3)SC2=S)cc1. The number of amides is 2. The zero-order valence-electron chi connectivity index (χ0n) is 19.3. The summed E-state index contributed by atoms with van der Waals surface area (Å²) < 4.78 is 11.6. The van der Waals surface area contributed by atoms with E-state index in [9.17, 15) is 9.59 Å². The molecular weight excluding hydrogens is 480 g/mol. The number of aryl methyl sites for hydroxylation is 1. The summed E-state index contributed by atoms with van der Waals surface area (Å²) in [5.41, 5.74) is 3.30. The maximum Gasteiger partial charge on any atom is 0.270 e. The van der Waals surface area contributed by atoms with Crippen LogP contribution in [0, 0.1) is 6.92 Å². The Kier molecular flexibility index (Phi) is 7.84. The van der Waals surface area contributed by atoms with Gasteiger partial charge < -0.3 is 14.8 Å². The van der Waals surface area contributed by atoms with Gasteiger partial charge in [0, 0.05) is 5.69 Å². The zero-order valence-corrected chi connectivity index (χ0v) is 20.9. The van der Waals surface area contributed by atoms with Gasteiger partial charge in [0.25, 0.3) is 11.8 Å². The number of rotatable bonds is 8. The van der Waals surface area contributed by atoms with E-state index < -0.39 is 0 Å². The third-order valence-corrected chi connectivity index (χ3v) is 6.36. The normalized spacial score (nSPS) is 14.3. The predicted molar refractivity (Wildman–Crippen MR) is 145 cm³/mol. The first-order valence-corrected chi connectivity index (χ1v) is 12.3. The summed E-state index contributed by atoms with van der Waals surface area (Å²) >= 11 is 6.71. The average Bonchev–Trinajstić information content (AvgIpc) is 3.13. The van der Waals surface area contributed by atoms with Crippen molar-refractivity contribution >= 4 is 57.6 Å². The molecule has 8 heteroatoms. The highest BCUT2D eigenvalue weighted by molar-refractivity contribution is 8.27. The van der Waals surface area contributed by atoms with Gasteiger partial charge in [0.1, 0.15) is 11.5 Å². The molecule has 1 fully saturated rings. The van der Waals surface area contributed by atoms with Crippen molar-refractivity contribution in [3.8, 4) is 11.5 Å². The summed E-state index contributed by atoms with van der Waals surface area (Å²) in [5, 5.41) is 2.80. The lowest BCUT2D eigenvalue weighted by Crippen LogP contribution is -2.27. The third-order valence-electron chi connectivity index (χ3n) is 5.06. The number of nitrogens with zero attached hydrogens (tertiary/aromatic N) is 1. The molecule has 1 saturated heterocycles. The molecule has 0 saturated carbocycles. The highest BCUT2D eigenvalue weighted by Crippen LogP contribution is 2.36. The number of carbonyl (C=O) groups excluding carboxylic acids is 2. The number of hydrogen-bond donors (Lipinski definition) is 1. The second kappa shape index (κ2) is 11.2. The van der Waals surface area contributed by atoms with Crippen molar-refractivity contribution in [3.05, 3.63) is 88.8 Å². The summed E-state index contributed by atoms with van der Waals surface area (Å²) in [6.07, 6.45) is 1.77. The van der Waals surface area contributed by atoms with E-state index >= 15 is 0 Å². The van der Waals surface area contributed by atoms with Crippen molar-refractivity contribution in [2.24, 2.45) is 0 Å². The first kappa shape index (κ1) is 24.5. The first-order chi connectivity index (χ1) is 16.9. The Labute approximate surface area is 213 Å². The van der Waals surface area contributed by atoms with Gasteiger partial charge in [0.05, 0.1) is 17.2 Å². The van der Waals surface area contributed by atoms with Crippen LogP contribution in [0.1, 0.15) is 18.1 Å². The lowest BCUT2D eigenvalue weighted by Gasteiger charge is -2.15. The maximum absolute atomic E-state index is 13.1. The van der Waals surface area contributed by atoms with Gasteiger partial charge in [0.2, 0.25) is 0 Å². The molecule has 6 nitrogen and oxygen atoms in total. The Morgan fingerprint density at radius 2 is 1.77 bits per heavy atom. The van der Waals surface area contributed by atoms with Crippen LogP contribution in [-0.4, -0.2) is 29.3 Å². The van der Waals surface area contributed by atoms with Gasteiger partial charge in [-0.3, -0.25) is 14.5 Å². The monoisotopic (exact) mass is 504 g/mol. The van der Waals surface area contributed by atoms with Crippen molar-refractivity contribution in [2.75, 3.05) is 23.4 Å². The summed E-state index contributed by atoms with van der Waals surface area (Å²) in [6, 6.07) is 22.0. The molecule has 2 amide bonds. The Morgan fingerprint density at radius 3 is 2.49 bits per heavy atom. The quantitative estimate of drug-likeness (QED) is 0.308. The molecule has 1 N–H and O–H groups in total.